The minimum absolute atomic E-state index is 0.105. The number of benzene rings is 1. The van der Waals surface area contributed by atoms with Crippen molar-refractivity contribution in [2.24, 2.45) is 0 Å². The fourth-order valence-corrected chi connectivity index (χ4v) is 2.48. The van der Waals surface area contributed by atoms with Gasteiger partial charge in [0.15, 0.2) is 0 Å². The van der Waals surface area contributed by atoms with E-state index in [4.69, 9.17) is 0 Å². The first-order valence-corrected chi connectivity index (χ1v) is 6.20. The van der Waals surface area contributed by atoms with Crippen LogP contribution in [0.3, 0.4) is 0 Å². The zero-order chi connectivity index (χ0) is 11.5. The van der Waals surface area contributed by atoms with E-state index in [9.17, 15) is 9.59 Å². The molecule has 16 heavy (non-hydrogen) atoms. The fourth-order valence-electron chi connectivity index (χ4n) is 1.33. The predicted octanol–water partition coefficient (Wildman–Crippen LogP) is 0.604. The van der Waals surface area contributed by atoms with Gasteiger partial charge < -0.3 is 0 Å². The molecule has 0 fully saturated rings. The van der Waals surface area contributed by atoms with E-state index >= 15 is 0 Å². The van der Waals surface area contributed by atoms with Gasteiger partial charge in [0.05, 0.1) is 0 Å². The third kappa shape index (κ3) is 2.35. The van der Waals surface area contributed by atoms with Crippen LogP contribution >= 0.6 is 0 Å². The molecule has 0 radical (unpaired) electrons. The van der Waals surface area contributed by atoms with Crippen molar-refractivity contribution in [3.8, 4) is 0 Å². The molecule has 1 aromatic carbocycles. The number of carbonyl (C=O) groups is 2. The van der Waals surface area contributed by atoms with E-state index in [-0.39, 0.29) is 33.1 Å². The summed E-state index contributed by atoms with van der Waals surface area (Å²) in [6.45, 7) is 1.39. The number of hydrogen-bond acceptors (Lipinski definition) is 4. The van der Waals surface area contributed by atoms with E-state index in [1.54, 1.807) is 6.07 Å². The number of aromatic nitrogens is 2. The molecule has 0 aliphatic carbocycles. The molecule has 0 unspecified atom stereocenters. The second kappa shape index (κ2) is 4.55. The monoisotopic (exact) mass is 283 g/mol. The second-order valence-electron chi connectivity index (χ2n) is 3.36. The summed E-state index contributed by atoms with van der Waals surface area (Å²) in [5.41, 5.74) is 2.16. The molecule has 2 rings (SSSR count). The Kier molecular flexibility index (Phi) is 3.12. The zero-order valence-corrected chi connectivity index (χ0v) is 10.3. The average molecular weight is 282 g/mol. The molecule has 0 atom stereocenters. The minimum atomic E-state index is -0.310. The predicted molar refractivity (Wildman–Crippen MR) is 60.4 cm³/mol. The molecule has 0 spiro atoms. The van der Waals surface area contributed by atoms with Crippen molar-refractivity contribution in [2.45, 2.75) is 13.3 Å². The number of fused-ring (bicyclic) bond motifs is 1. The Morgan fingerprint density at radius 3 is 2.94 bits per heavy atom. The second-order valence-corrected chi connectivity index (χ2v) is 4.47. The molecule has 0 aliphatic rings. The van der Waals surface area contributed by atoms with E-state index in [0.717, 1.165) is 11.0 Å². The number of Topliss-reactive ketones (excluding diaryl/α,β-unsaturated/α-hetero) is 1. The number of nitrogens with zero attached hydrogens (tertiary/aromatic N) is 2. The summed E-state index contributed by atoms with van der Waals surface area (Å²) in [5, 5.41) is 2.67. The van der Waals surface area contributed by atoms with Crippen molar-refractivity contribution < 1.29 is 9.59 Å². The van der Waals surface area contributed by atoms with Crippen molar-refractivity contribution in [3.63, 3.8) is 0 Å². The third-order valence-corrected chi connectivity index (χ3v) is 3.11. The summed E-state index contributed by atoms with van der Waals surface area (Å²) in [6.07, 6.45) is -0.105. The van der Waals surface area contributed by atoms with E-state index < -0.39 is 0 Å². The summed E-state index contributed by atoms with van der Waals surface area (Å²) < 4.78 is 8.43. The summed E-state index contributed by atoms with van der Waals surface area (Å²) >= 11 is -0.121. The van der Waals surface area contributed by atoms with Gasteiger partial charge in [-0.05, 0) is 0 Å². The molecule has 5 nitrogen and oxygen atoms in total. The first-order valence-electron chi connectivity index (χ1n) is 4.67. The van der Waals surface area contributed by atoms with Crippen LogP contribution in [0.4, 0.5) is 5.69 Å². The van der Waals surface area contributed by atoms with Crippen LogP contribution in [0.2, 0.25) is 0 Å². The van der Waals surface area contributed by atoms with Crippen LogP contribution in [0.15, 0.2) is 18.2 Å². The van der Waals surface area contributed by atoms with Crippen molar-refractivity contribution in [1.82, 2.24) is 7.96 Å². The normalized spacial score (nSPS) is 10.3. The van der Waals surface area contributed by atoms with Gasteiger partial charge in [-0.2, -0.15) is 0 Å². The Balaban J connectivity index is 2.24. The van der Waals surface area contributed by atoms with Gasteiger partial charge in [0.2, 0.25) is 0 Å². The molecule has 1 heterocycles. The number of carbonyl (C=O) groups excluding carboxylic acids is 2. The first kappa shape index (κ1) is 11.0. The van der Waals surface area contributed by atoms with Gasteiger partial charge in [-0.25, -0.2) is 0 Å². The quantitative estimate of drug-likeness (QED) is 0.661. The Hall–Kier alpha value is -1.52. The molecule has 1 aromatic heterocycles. The van der Waals surface area contributed by atoms with Crippen molar-refractivity contribution in [1.29, 1.82) is 0 Å². The van der Waals surface area contributed by atoms with Crippen LogP contribution in [-0.2, 0) is 9.59 Å². The van der Waals surface area contributed by atoms with Crippen molar-refractivity contribution >= 4 is 43.4 Å². The van der Waals surface area contributed by atoms with Gasteiger partial charge in [-0.3, -0.25) is 0 Å². The summed E-state index contributed by atoms with van der Waals surface area (Å²) in [5.74, 6) is -0.466. The van der Waals surface area contributed by atoms with E-state index in [0.29, 0.717) is 5.69 Å². The SMILES string of the molecule is CC(=O)CC(=O)Nc1cccc2n[se]nc12. The molecule has 0 bridgehead atoms. The van der Waals surface area contributed by atoms with Crippen LogP contribution < -0.4 is 5.32 Å². The van der Waals surface area contributed by atoms with Crippen LogP contribution in [0, 0.1) is 0 Å². The Morgan fingerprint density at radius 2 is 2.19 bits per heavy atom. The van der Waals surface area contributed by atoms with Gasteiger partial charge in [0.1, 0.15) is 0 Å². The maximum atomic E-state index is 11.4. The van der Waals surface area contributed by atoms with Crippen LogP contribution in [0.25, 0.3) is 11.0 Å². The maximum absolute atomic E-state index is 11.4. The third-order valence-electron chi connectivity index (χ3n) is 1.97. The standard InChI is InChI=1S/C10H9N3O2Se/c1-6(14)5-9(15)11-7-3-2-4-8-10(7)13-16-12-8/h2-4H,5H2,1H3,(H,11,15). The summed E-state index contributed by atoms with van der Waals surface area (Å²) in [6, 6.07) is 5.42. The van der Waals surface area contributed by atoms with E-state index in [1.165, 1.54) is 6.92 Å². The molecular weight excluding hydrogens is 273 g/mol. The molecule has 0 aliphatic heterocycles. The molecule has 0 saturated carbocycles. The van der Waals surface area contributed by atoms with E-state index in [2.05, 4.69) is 13.3 Å². The average Bonchev–Trinajstić information content (AvgIpc) is 2.65. The molecule has 6 heteroatoms. The number of rotatable bonds is 3. The van der Waals surface area contributed by atoms with Crippen LogP contribution in [-0.4, -0.2) is 34.6 Å². The fraction of sp³-hybridized carbons (Fsp3) is 0.200. The van der Waals surface area contributed by atoms with Gasteiger partial charge in [0.25, 0.3) is 0 Å². The molecule has 1 amide bonds. The Labute approximate surface area is 98.1 Å². The zero-order valence-electron chi connectivity index (χ0n) is 8.56. The van der Waals surface area contributed by atoms with Crippen LogP contribution in [0.5, 0.6) is 0 Å². The van der Waals surface area contributed by atoms with Gasteiger partial charge >= 0.3 is 97.8 Å². The molecule has 0 saturated heterocycles. The number of nitrogens with one attached hydrogen (secondary N) is 1. The molecular formula is C10H9N3O2Se. The van der Waals surface area contributed by atoms with Crippen molar-refractivity contribution in [3.05, 3.63) is 18.2 Å². The van der Waals surface area contributed by atoms with Crippen molar-refractivity contribution in [2.75, 3.05) is 5.32 Å². The molecule has 2 aromatic rings. The topological polar surface area (TPSA) is 72.0 Å². The van der Waals surface area contributed by atoms with Gasteiger partial charge in [0, 0.05) is 0 Å². The number of amides is 1. The summed E-state index contributed by atoms with van der Waals surface area (Å²) in [4.78, 5) is 22.2. The Bertz CT molecular complexity index is 550. The van der Waals surface area contributed by atoms with E-state index in [1.807, 2.05) is 12.1 Å². The number of hydrogen-bond donors (Lipinski definition) is 1. The first-order chi connectivity index (χ1) is 7.66. The van der Waals surface area contributed by atoms with Gasteiger partial charge in [-0.1, -0.05) is 0 Å². The van der Waals surface area contributed by atoms with Crippen LogP contribution in [0.1, 0.15) is 13.3 Å². The molecule has 1 N–H and O–H groups in total. The Morgan fingerprint density at radius 1 is 1.38 bits per heavy atom. The number of anilines is 1. The summed E-state index contributed by atoms with van der Waals surface area (Å²) in [7, 11) is 0. The van der Waals surface area contributed by atoms with Gasteiger partial charge in [-0.15, -0.1) is 0 Å². The molecule has 82 valence electrons. The number of ketones is 1.